The molecule has 2 aliphatic carbocycles. The summed E-state index contributed by atoms with van der Waals surface area (Å²) < 4.78 is 5.12. The normalized spacial score (nSPS) is 13.1. The largest absolute Gasteiger partial charge is 0.310 e. The second-order valence-corrected chi connectivity index (χ2v) is 18.2. The fourth-order valence-corrected chi connectivity index (χ4v) is 12.6. The van der Waals surface area contributed by atoms with Gasteiger partial charge in [0.15, 0.2) is 0 Å². The highest BCUT2D eigenvalue weighted by atomic mass is 32.1. The van der Waals surface area contributed by atoms with Gasteiger partial charge < -0.3 is 9.47 Å². The van der Waals surface area contributed by atoms with Crippen LogP contribution in [0.4, 0.5) is 17.1 Å². The van der Waals surface area contributed by atoms with Crippen LogP contribution in [0.2, 0.25) is 0 Å². The van der Waals surface area contributed by atoms with Crippen molar-refractivity contribution in [2.75, 3.05) is 4.90 Å². The number of para-hydroxylation sites is 1. The van der Waals surface area contributed by atoms with E-state index in [1.165, 1.54) is 97.6 Å². The van der Waals surface area contributed by atoms with Gasteiger partial charge in [-0.3, -0.25) is 0 Å². The first-order chi connectivity index (χ1) is 31.8. The van der Waals surface area contributed by atoms with Crippen molar-refractivity contribution in [2.24, 2.45) is 0 Å². The molecular weight excluding hydrogens is 793 g/mol. The second-order valence-electron chi connectivity index (χ2n) is 17.1. The molecule has 2 aliphatic rings. The van der Waals surface area contributed by atoms with Gasteiger partial charge in [0.2, 0.25) is 0 Å². The summed E-state index contributed by atoms with van der Waals surface area (Å²) in [6.45, 7) is 0. The SMILES string of the molecule is c1ccc(-c2ccc(N(c3ccc4c5ccc6sc7ccccc7c6c5n(-c5ccccc5)c4c3)c3cccc4c3-c3ccccc3C43c4ccccc4-c4ccccc43)cc2)cc1. The van der Waals surface area contributed by atoms with Crippen molar-refractivity contribution in [3.63, 3.8) is 0 Å². The molecule has 0 radical (unpaired) electrons. The zero-order valence-corrected chi connectivity index (χ0v) is 35.6. The molecule has 64 heavy (non-hydrogen) atoms. The van der Waals surface area contributed by atoms with Gasteiger partial charge in [0.1, 0.15) is 0 Å². The van der Waals surface area contributed by atoms with Crippen LogP contribution in [0.3, 0.4) is 0 Å². The Bertz CT molecular complexity index is 3790. The lowest BCUT2D eigenvalue weighted by atomic mass is 9.70. The fourth-order valence-electron chi connectivity index (χ4n) is 11.5. The first-order valence-electron chi connectivity index (χ1n) is 22.1. The highest BCUT2D eigenvalue weighted by Gasteiger charge is 2.52. The Labute approximate surface area is 375 Å². The van der Waals surface area contributed by atoms with Crippen LogP contribution in [0.5, 0.6) is 0 Å². The molecule has 2 heterocycles. The third-order valence-corrected chi connectivity index (χ3v) is 15.1. The van der Waals surface area contributed by atoms with Crippen LogP contribution in [-0.4, -0.2) is 4.57 Å². The molecule has 0 bridgehead atoms. The van der Waals surface area contributed by atoms with Crippen molar-refractivity contribution in [1.82, 2.24) is 4.57 Å². The van der Waals surface area contributed by atoms with Gasteiger partial charge in [-0.2, -0.15) is 0 Å². The zero-order chi connectivity index (χ0) is 41.9. The number of anilines is 3. The van der Waals surface area contributed by atoms with E-state index in [-0.39, 0.29) is 0 Å². The third-order valence-electron chi connectivity index (χ3n) is 14.0. The van der Waals surface area contributed by atoms with E-state index < -0.39 is 5.41 Å². The maximum atomic E-state index is 2.51. The number of hydrogen-bond donors (Lipinski definition) is 0. The summed E-state index contributed by atoms with van der Waals surface area (Å²) in [6.07, 6.45) is 0. The van der Waals surface area contributed by atoms with Gasteiger partial charge in [0.25, 0.3) is 0 Å². The molecule has 0 atom stereocenters. The predicted molar refractivity (Wildman–Crippen MR) is 270 cm³/mol. The molecule has 0 amide bonds. The van der Waals surface area contributed by atoms with E-state index in [4.69, 9.17) is 0 Å². The Balaban J connectivity index is 1.07. The van der Waals surface area contributed by atoms with Crippen molar-refractivity contribution < 1.29 is 0 Å². The number of nitrogens with zero attached hydrogens (tertiary/aromatic N) is 2. The molecule has 0 aliphatic heterocycles. The number of aromatic nitrogens is 1. The minimum atomic E-state index is -0.448. The first-order valence-corrected chi connectivity index (χ1v) is 22.9. The van der Waals surface area contributed by atoms with Crippen LogP contribution in [0.25, 0.3) is 81.0 Å². The molecule has 0 N–H and O–H groups in total. The summed E-state index contributed by atoms with van der Waals surface area (Å²) in [5.74, 6) is 0. The van der Waals surface area contributed by atoms with Crippen LogP contribution >= 0.6 is 11.3 Å². The summed E-state index contributed by atoms with van der Waals surface area (Å²) >= 11 is 1.88. The Hall–Kier alpha value is -7.98. The molecule has 12 aromatic rings. The fraction of sp³-hybridized carbons (Fsp3) is 0.0164. The molecule has 0 saturated carbocycles. The highest BCUT2D eigenvalue weighted by molar-refractivity contribution is 7.26. The average Bonchev–Trinajstić information content (AvgIpc) is 4.09. The van der Waals surface area contributed by atoms with E-state index in [0.29, 0.717) is 0 Å². The molecule has 0 saturated heterocycles. The third kappa shape index (κ3) is 4.79. The van der Waals surface area contributed by atoms with E-state index in [1.807, 2.05) is 11.3 Å². The van der Waals surface area contributed by atoms with E-state index in [1.54, 1.807) is 0 Å². The van der Waals surface area contributed by atoms with Gasteiger partial charge >= 0.3 is 0 Å². The maximum absolute atomic E-state index is 2.51. The van der Waals surface area contributed by atoms with Gasteiger partial charge in [0.05, 0.1) is 22.1 Å². The highest BCUT2D eigenvalue weighted by Crippen LogP contribution is 2.64. The van der Waals surface area contributed by atoms with E-state index >= 15 is 0 Å². The molecule has 2 aromatic heterocycles. The summed E-state index contributed by atoms with van der Waals surface area (Å²) in [6, 6.07) is 85.7. The summed E-state index contributed by atoms with van der Waals surface area (Å²) in [5, 5.41) is 5.11. The number of rotatable bonds is 5. The molecule has 0 fully saturated rings. The van der Waals surface area contributed by atoms with Gasteiger partial charge in [-0.15, -0.1) is 11.3 Å². The number of thiophene rings is 1. The summed E-state index contributed by atoms with van der Waals surface area (Å²) in [7, 11) is 0. The van der Waals surface area contributed by atoms with Gasteiger partial charge in [-0.1, -0.05) is 176 Å². The first kappa shape index (κ1) is 35.6. The summed E-state index contributed by atoms with van der Waals surface area (Å²) in [4.78, 5) is 2.51. The van der Waals surface area contributed by atoms with Crippen molar-refractivity contribution in [1.29, 1.82) is 0 Å². The van der Waals surface area contributed by atoms with Crippen molar-refractivity contribution >= 4 is 70.4 Å². The Morgan fingerprint density at radius 1 is 0.391 bits per heavy atom. The van der Waals surface area contributed by atoms with Crippen LogP contribution < -0.4 is 4.90 Å². The lowest BCUT2D eigenvalue weighted by Gasteiger charge is -2.32. The standard InChI is InChI=1S/C61H38N2S/c1-3-16-39(17-4-1)40-30-32-42(33-31-40)62(54-28-15-27-53-58(54)48-22-9-13-26-52(48)61(53)50-24-11-7-20-44(50)45-21-8-12-25-51(45)61)43-34-35-46-47-36-37-57-59(49-23-10-14-29-56(49)64-57)60(47)63(55(46)38-43)41-18-5-2-6-19-41/h1-38H. The van der Waals surface area contributed by atoms with E-state index in [9.17, 15) is 0 Å². The topological polar surface area (TPSA) is 8.17 Å². The maximum Gasteiger partial charge on any atom is 0.0726 e. The minimum absolute atomic E-state index is 0.448. The molecule has 14 rings (SSSR count). The van der Waals surface area contributed by atoms with E-state index in [0.717, 1.165) is 22.7 Å². The Morgan fingerprint density at radius 3 is 1.72 bits per heavy atom. The molecule has 3 heteroatoms. The smallest absolute Gasteiger partial charge is 0.0726 e. The molecule has 2 nitrogen and oxygen atoms in total. The number of hydrogen-bond acceptors (Lipinski definition) is 2. The molecule has 10 aromatic carbocycles. The Morgan fingerprint density at radius 2 is 0.969 bits per heavy atom. The zero-order valence-electron chi connectivity index (χ0n) is 34.7. The minimum Gasteiger partial charge on any atom is -0.310 e. The number of fused-ring (bicyclic) bond motifs is 17. The van der Waals surface area contributed by atoms with Crippen molar-refractivity contribution in [2.45, 2.75) is 5.41 Å². The molecular formula is C61H38N2S. The molecule has 0 unspecified atom stereocenters. The monoisotopic (exact) mass is 830 g/mol. The van der Waals surface area contributed by atoms with Crippen LogP contribution in [0, 0.1) is 0 Å². The van der Waals surface area contributed by atoms with Gasteiger partial charge in [0, 0.05) is 53.6 Å². The van der Waals surface area contributed by atoms with Gasteiger partial charge in [-0.25, -0.2) is 0 Å². The van der Waals surface area contributed by atoms with Crippen LogP contribution in [0.1, 0.15) is 22.3 Å². The summed E-state index contributed by atoms with van der Waals surface area (Å²) in [5.41, 5.74) is 19.4. The van der Waals surface area contributed by atoms with Gasteiger partial charge in [-0.05, 0) is 105 Å². The molecule has 1 spiro atoms. The number of benzene rings is 10. The predicted octanol–water partition coefficient (Wildman–Crippen LogP) is 16.6. The van der Waals surface area contributed by atoms with Crippen LogP contribution in [0.15, 0.2) is 231 Å². The van der Waals surface area contributed by atoms with E-state index in [2.05, 4.69) is 240 Å². The van der Waals surface area contributed by atoms with Crippen LogP contribution in [-0.2, 0) is 5.41 Å². The molecule has 298 valence electrons. The Kier molecular flexibility index (Phi) is 7.51. The van der Waals surface area contributed by atoms with Crippen molar-refractivity contribution in [3.05, 3.63) is 253 Å². The van der Waals surface area contributed by atoms with Crippen molar-refractivity contribution in [3.8, 4) is 39.1 Å². The lowest BCUT2D eigenvalue weighted by molar-refractivity contribution is 0.794. The average molecular weight is 831 g/mol. The lowest BCUT2D eigenvalue weighted by Crippen LogP contribution is -2.26. The second kappa shape index (κ2) is 13.5. The quantitative estimate of drug-likeness (QED) is 0.168.